The van der Waals surface area contributed by atoms with E-state index < -0.39 is 11.7 Å². The predicted molar refractivity (Wildman–Crippen MR) is 108 cm³/mol. The summed E-state index contributed by atoms with van der Waals surface area (Å²) in [5.74, 6) is -0.426. The number of aliphatic hydroxyl groups is 1. The van der Waals surface area contributed by atoms with E-state index in [0.717, 1.165) is 24.1 Å². The first-order chi connectivity index (χ1) is 14.0. The van der Waals surface area contributed by atoms with Crippen LogP contribution < -0.4 is 5.32 Å². The highest BCUT2D eigenvalue weighted by Gasteiger charge is 2.44. The Balaban J connectivity index is 1.62. The molecule has 0 radical (unpaired) electrons. The van der Waals surface area contributed by atoms with Crippen molar-refractivity contribution in [1.82, 2.24) is 10.2 Å². The van der Waals surface area contributed by atoms with Gasteiger partial charge in [0.05, 0.1) is 12.6 Å². The first-order valence-electron chi connectivity index (χ1n) is 10.2. The Morgan fingerprint density at radius 3 is 2.79 bits per heavy atom. The van der Waals surface area contributed by atoms with Crippen LogP contribution in [-0.4, -0.2) is 53.9 Å². The minimum absolute atomic E-state index is 0.124. The normalized spacial score (nSPS) is 26.4. The molecule has 2 aromatic rings. The number of amides is 1. The lowest BCUT2D eigenvalue weighted by atomic mass is 9.87. The van der Waals surface area contributed by atoms with Gasteiger partial charge in [0, 0.05) is 19.5 Å². The van der Waals surface area contributed by atoms with E-state index in [0.29, 0.717) is 13.1 Å². The maximum atomic E-state index is 13.5. The Morgan fingerprint density at radius 1 is 1.28 bits per heavy atom. The summed E-state index contributed by atoms with van der Waals surface area (Å²) in [6.45, 7) is 3.82. The van der Waals surface area contributed by atoms with E-state index in [9.17, 15) is 14.3 Å². The number of nitrogens with zero attached hydrogens (tertiary/aromatic N) is 1. The number of hydrogen-bond donors (Lipinski definition) is 2. The van der Waals surface area contributed by atoms with Crippen LogP contribution in [0.25, 0.3) is 0 Å². The molecule has 0 spiro atoms. The Bertz CT molecular complexity index is 873. The molecule has 29 heavy (non-hydrogen) atoms. The molecule has 2 heterocycles. The third-order valence-corrected chi connectivity index (χ3v) is 5.85. The number of hydrogen-bond acceptors (Lipinski definition) is 4. The van der Waals surface area contributed by atoms with Gasteiger partial charge in [0.2, 0.25) is 0 Å². The molecule has 0 aromatic heterocycles. The van der Waals surface area contributed by atoms with E-state index in [2.05, 4.69) is 11.4 Å². The van der Waals surface area contributed by atoms with Gasteiger partial charge in [-0.1, -0.05) is 43.3 Å². The molecule has 0 unspecified atom stereocenters. The van der Waals surface area contributed by atoms with Crippen LogP contribution in [-0.2, 0) is 16.0 Å². The third-order valence-electron chi connectivity index (χ3n) is 5.85. The predicted octanol–water partition coefficient (Wildman–Crippen LogP) is 2.43. The molecule has 1 amide bonds. The molecule has 2 aliphatic heterocycles. The standard InChI is InChI=1S/C23H27FN2O3/c1-2-25-14-23(28)13-20(29-15-23)22(27)26-12-11-16-5-3-4-6-19(16)21(26)17-7-9-18(24)10-8-17/h3-10,20-21,25,28H,2,11-15H2,1H3/t20-,21+,23+/m1/s1. The molecule has 6 heteroatoms. The Labute approximate surface area is 170 Å². The zero-order valence-electron chi connectivity index (χ0n) is 16.6. The van der Waals surface area contributed by atoms with Crippen molar-refractivity contribution in [2.24, 2.45) is 0 Å². The Kier molecular flexibility index (Phi) is 5.67. The third kappa shape index (κ3) is 4.06. The van der Waals surface area contributed by atoms with Crippen LogP contribution in [0.15, 0.2) is 48.5 Å². The fourth-order valence-electron chi connectivity index (χ4n) is 4.35. The quantitative estimate of drug-likeness (QED) is 0.812. The highest BCUT2D eigenvalue weighted by atomic mass is 19.1. The second-order valence-electron chi connectivity index (χ2n) is 7.94. The van der Waals surface area contributed by atoms with Crippen LogP contribution in [0.5, 0.6) is 0 Å². The fraction of sp³-hybridized carbons (Fsp3) is 0.435. The monoisotopic (exact) mass is 398 g/mol. The summed E-state index contributed by atoms with van der Waals surface area (Å²) in [4.78, 5) is 15.2. The molecule has 3 atom stereocenters. The number of benzene rings is 2. The Morgan fingerprint density at radius 2 is 2.03 bits per heavy atom. The summed E-state index contributed by atoms with van der Waals surface area (Å²) >= 11 is 0. The number of carbonyl (C=O) groups is 1. The number of halogens is 1. The first kappa shape index (κ1) is 20.0. The number of rotatable bonds is 5. The molecule has 2 aliphatic rings. The van der Waals surface area contributed by atoms with Crippen molar-refractivity contribution in [3.05, 3.63) is 71.0 Å². The summed E-state index contributed by atoms with van der Waals surface area (Å²) in [6.07, 6.45) is 0.355. The molecule has 2 aromatic carbocycles. The highest BCUT2D eigenvalue weighted by molar-refractivity contribution is 5.82. The fourth-order valence-corrected chi connectivity index (χ4v) is 4.35. The summed E-state index contributed by atoms with van der Waals surface area (Å²) in [6, 6.07) is 14.1. The van der Waals surface area contributed by atoms with E-state index in [1.54, 1.807) is 12.1 Å². The van der Waals surface area contributed by atoms with Gasteiger partial charge in [-0.3, -0.25) is 4.79 Å². The van der Waals surface area contributed by atoms with E-state index >= 15 is 0 Å². The average Bonchev–Trinajstić information content (AvgIpc) is 3.14. The summed E-state index contributed by atoms with van der Waals surface area (Å²) in [7, 11) is 0. The number of fused-ring (bicyclic) bond motifs is 1. The minimum atomic E-state index is -1.03. The van der Waals surface area contributed by atoms with Crippen LogP contribution in [0, 0.1) is 5.82 Å². The molecule has 0 saturated carbocycles. The number of nitrogens with one attached hydrogen (secondary N) is 1. The molecule has 2 N–H and O–H groups in total. The summed E-state index contributed by atoms with van der Waals surface area (Å²) in [5.41, 5.74) is 2.09. The van der Waals surface area contributed by atoms with Gasteiger partial charge < -0.3 is 20.1 Å². The molecule has 154 valence electrons. The molecule has 0 aliphatic carbocycles. The maximum Gasteiger partial charge on any atom is 0.252 e. The van der Waals surface area contributed by atoms with Crippen LogP contribution in [0.4, 0.5) is 4.39 Å². The zero-order chi connectivity index (χ0) is 20.4. The number of ether oxygens (including phenoxy) is 1. The summed E-state index contributed by atoms with van der Waals surface area (Å²) < 4.78 is 19.2. The van der Waals surface area contributed by atoms with Crippen molar-refractivity contribution in [2.45, 2.75) is 37.5 Å². The van der Waals surface area contributed by atoms with Crippen molar-refractivity contribution in [3.8, 4) is 0 Å². The maximum absolute atomic E-state index is 13.5. The van der Waals surface area contributed by atoms with Gasteiger partial charge in [-0.25, -0.2) is 4.39 Å². The van der Waals surface area contributed by atoms with Gasteiger partial charge in [0.25, 0.3) is 5.91 Å². The van der Waals surface area contributed by atoms with Crippen molar-refractivity contribution in [2.75, 3.05) is 26.2 Å². The number of likely N-dealkylation sites (N-methyl/N-ethyl adjacent to an activating group) is 1. The molecular formula is C23H27FN2O3. The lowest BCUT2D eigenvalue weighted by Gasteiger charge is -2.39. The van der Waals surface area contributed by atoms with E-state index in [-0.39, 0.29) is 30.8 Å². The van der Waals surface area contributed by atoms with Crippen LogP contribution in [0.2, 0.25) is 0 Å². The van der Waals surface area contributed by atoms with Gasteiger partial charge in [0.15, 0.2) is 0 Å². The lowest BCUT2D eigenvalue weighted by Crippen LogP contribution is -2.46. The molecule has 4 rings (SSSR count). The van der Waals surface area contributed by atoms with E-state index in [4.69, 9.17) is 4.74 Å². The van der Waals surface area contributed by atoms with Crippen molar-refractivity contribution >= 4 is 5.91 Å². The van der Waals surface area contributed by atoms with Crippen LogP contribution in [0.1, 0.15) is 36.1 Å². The smallest absolute Gasteiger partial charge is 0.252 e. The lowest BCUT2D eigenvalue weighted by molar-refractivity contribution is -0.143. The second kappa shape index (κ2) is 8.22. The zero-order valence-corrected chi connectivity index (χ0v) is 16.6. The van der Waals surface area contributed by atoms with Crippen LogP contribution in [0.3, 0.4) is 0 Å². The average molecular weight is 398 g/mol. The molecular weight excluding hydrogens is 371 g/mol. The van der Waals surface area contributed by atoms with Gasteiger partial charge in [0.1, 0.15) is 17.5 Å². The number of carbonyl (C=O) groups excluding carboxylic acids is 1. The second-order valence-corrected chi connectivity index (χ2v) is 7.94. The molecule has 0 bridgehead atoms. The summed E-state index contributed by atoms with van der Waals surface area (Å²) in [5, 5.41) is 13.8. The first-order valence-corrected chi connectivity index (χ1v) is 10.2. The largest absolute Gasteiger partial charge is 0.386 e. The molecule has 1 fully saturated rings. The van der Waals surface area contributed by atoms with E-state index in [1.807, 2.05) is 30.0 Å². The minimum Gasteiger partial charge on any atom is -0.386 e. The van der Waals surface area contributed by atoms with Crippen molar-refractivity contribution in [1.29, 1.82) is 0 Å². The van der Waals surface area contributed by atoms with E-state index in [1.165, 1.54) is 17.7 Å². The molecule has 5 nitrogen and oxygen atoms in total. The van der Waals surface area contributed by atoms with Gasteiger partial charge >= 0.3 is 0 Å². The Hall–Kier alpha value is -2.28. The molecule has 1 saturated heterocycles. The SMILES string of the molecule is CCNC[C@]1(O)CO[C@@H](C(=O)N2CCc3ccccc3[C@@H]2c2ccc(F)cc2)C1. The van der Waals surface area contributed by atoms with Crippen molar-refractivity contribution < 1.29 is 19.0 Å². The van der Waals surface area contributed by atoms with Crippen LogP contribution >= 0.6 is 0 Å². The highest BCUT2D eigenvalue weighted by Crippen LogP contribution is 2.37. The topological polar surface area (TPSA) is 61.8 Å². The van der Waals surface area contributed by atoms with Gasteiger partial charge in [-0.15, -0.1) is 0 Å². The van der Waals surface area contributed by atoms with Gasteiger partial charge in [-0.2, -0.15) is 0 Å². The van der Waals surface area contributed by atoms with Gasteiger partial charge in [-0.05, 0) is 41.8 Å². The van der Waals surface area contributed by atoms with Crippen molar-refractivity contribution in [3.63, 3.8) is 0 Å².